The molecule has 0 spiro atoms. The monoisotopic (exact) mass is 273 g/mol. The highest BCUT2D eigenvalue weighted by Gasteiger charge is 2.29. The van der Waals surface area contributed by atoms with Gasteiger partial charge in [0.05, 0.1) is 4.88 Å². The summed E-state index contributed by atoms with van der Waals surface area (Å²) in [5.41, 5.74) is 1.17. The molecular formula is C14H15N3OS. The number of hydrogen-bond acceptors (Lipinski definition) is 4. The zero-order valence-electron chi connectivity index (χ0n) is 10.6. The molecule has 1 aliphatic heterocycles. The summed E-state index contributed by atoms with van der Waals surface area (Å²) >= 11 is 1.63. The molecule has 1 amide bonds. The van der Waals surface area contributed by atoms with Crippen LogP contribution in [-0.4, -0.2) is 17.4 Å². The zero-order valence-corrected chi connectivity index (χ0v) is 11.5. The van der Waals surface area contributed by atoms with Crippen molar-refractivity contribution in [2.75, 3.05) is 17.2 Å². The lowest BCUT2D eigenvalue weighted by Gasteiger charge is -2.21. The Kier molecular flexibility index (Phi) is 3.21. The third kappa shape index (κ3) is 2.33. The van der Waals surface area contributed by atoms with Crippen molar-refractivity contribution in [2.45, 2.75) is 19.3 Å². The first-order chi connectivity index (χ1) is 9.28. The number of anilines is 2. The smallest absolute Gasteiger partial charge is 0.226 e. The van der Waals surface area contributed by atoms with E-state index >= 15 is 0 Å². The van der Waals surface area contributed by atoms with Crippen LogP contribution < -0.4 is 10.6 Å². The molecular weight excluding hydrogens is 258 g/mol. The number of hydrogen-bond donors (Lipinski definition) is 2. The fourth-order valence-corrected chi connectivity index (χ4v) is 3.42. The van der Waals surface area contributed by atoms with Crippen LogP contribution in [0.15, 0.2) is 30.3 Å². The van der Waals surface area contributed by atoms with E-state index in [9.17, 15) is 4.79 Å². The van der Waals surface area contributed by atoms with Crippen LogP contribution in [0.25, 0.3) is 0 Å². The average Bonchev–Trinajstić information content (AvgIpc) is 2.81. The highest BCUT2D eigenvalue weighted by Crippen LogP contribution is 2.41. The van der Waals surface area contributed by atoms with Crippen LogP contribution >= 0.6 is 11.3 Å². The van der Waals surface area contributed by atoms with Crippen molar-refractivity contribution < 1.29 is 4.79 Å². The molecule has 2 heterocycles. The number of nitrogens with zero attached hydrogens (tertiary/aromatic N) is 1. The number of nitrogens with one attached hydrogen (secondary N) is 2. The number of carbonyl (C=O) groups excluding carboxylic acids is 1. The molecule has 0 unspecified atom stereocenters. The fourth-order valence-electron chi connectivity index (χ4n) is 2.30. The highest BCUT2D eigenvalue weighted by molar-refractivity contribution is 7.16. The minimum atomic E-state index is 0.0368. The van der Waals surface area contributed by atoms with Crippen molar-refractivity contribution in [1.82, 2.24) is 4.98 Å². The minimum Gasteiger partial charge on any atom is -0.362 e. The Morgan fingerprint density at radius 2 is 2.21 bits per heavy atom. The number of amides is 1. The quantitative estimate of drug-likeness (QED) is 0.903. The normalized spacial score (nSPS) is 17.7. The van der Waals surface area contributed by atoms with Crippen LogP contribution in [0.4, 0.5) is 10.9 Å². The molecule has 4 nitrogen and oxygen atoms in total. The lowest BCUT2D eigenvalue weighted by Crippen LogP contribution is -2.22. The molecule has 19 heavy (non-hydrogen) atoms. The van der Waals surface area contributed by atoms with Crippen LogP contribution in [-0.2, 0) is 4.79 Å². The number of aromatic nitrogens is 1. The van der Waals surface area contributed by atoms with Gasteiger partial charge in [-0.15, -0.1) is 0 Å². The van der Waals surface area contributed by atoms with Gasteiger partial charge in [0.1, 0.15) is 5.82 Å². The minimum absolute atomic E-state index is 0.0368. The molecule has 1 aromatic heterocycles. The van der Waals surface area contributed by atoms with Crippen molar-refractivity contribution in [1.29, 1.82) is 0 Å². The third-order valence-corrected chi connectivity index (χ3v) is 4.27. The molecule has 0 aliphatic carbocycles. The molecule has 1 atom stereocenters. The summed E-state index contributed by atoms with van der Waals surface area (Å²) in [5, 5.41) is 6.94. The molecule has 2 aromatic rings. The first kappa shape index (κ1) is 12.2. The molecule has 5 heteroatoms. The van der Waals surface area contributed by atoms with Gasteiger partial charge in [-0.3, -0.25) is 4.79 Å². The summed E-state index contributed by atoms with van der Waals surface area (Å²) in [7, 11) is 0. The predicted octanol–water partition coefficient (Wildman–Crippen LogP) is 3.05. The van der Waals surface area contributed by atoms with Crippen LogP contribution in [0.2, 0.25) is 0 Å². The van der Waals surface area contributed by atoms with E-state index in [1.165, 1.54) is 5.56 Å². The molecule has 1 aliphatic rings. The van der Waals surface area contributed by atoms with Crippen molar-refractivity contribution in [2.24, 2.45) is 0 Å². The zero-order chi connectivity index (χ0) is 13.2. The molecule has 0 saturated carbocycles. The SMILES string of the molecule is CCNc1nc2c(s1)[C@@H](c1ccccc1)CC(=O)N2. The Morgan fingerprint density at radius 1 is 1.42 bits per heavy atom. The van der Waals surface area contributed by atoms with Gasteiger partial charge in [-0.1, -0.05) is 41.7 Å². The second-order valence-electron chi connectivity index (χ2n) is 4.48. The number of rotatable bonds is 3. The molecule has 0 fully saturated rings. The molecule has 98 valence electrons. The van der Waals surface area contributed by atoms with E-state index < -0.39 is 0 Å². The summed E-state index contributed by atoms with van der Waals surface area (Å²) < 4.78 is 0. The molecule has 3 rings (SSSR count). The fraction of sp³-hybridized carbons (Fsp3) is 0.286. The molecule has 1 aromatic carbocycles. The summed E-state index contributed by atoms with van der Waals surface area (Å²) in [6, 6.07) is 10.1. The van der Waals surface area contributed by atoms with Gasteiger partial charge in [-0.05, 0) is 12.5 Å². The van der Waals surface area contributed by atoms with Crippen LogP contribution in [0, 0.1) is 0 Å². The van der Waals surface area contributed by atoms with E-state index in [0.29, 0.717) is 12.2 Å². The Bertz CT molecular complexity index is 594. The number of thiazole rings is 1. The molecule has 0 radical (unpaired) electrons. The average molecular weight is 273 g/mol. The van der Waals surface area contributed by atoms with Gasteiger partial charge in [0, 0.05) is 18.9 Å². The second kappa shape index (κ2) is 5.01. The lowest BCUT2D eigenvalue weighted by atomic mass is 9.92. The van der Waals surface area contributed by atoms with Gasteiger partial charge in [0.2, 0.25) is 5.91 Å². The maximum Gasteiger partial charge on any atom is 0.226 e. The predicted molar refractivity (Wildman–Crippen MR) is 77.8 cm³/mol. The van der Waals surface area contributed by atoms with E-state index in [4.69, 9.17) is 0 Å². The number of benzene rings is 1. The van der Waals surface area contributed by atoms with E-state index in [1.54, 1.807) is 11.3 Å². The van der Waals surface area contributed by atoms with Crippen molar-refractivity contribution in [3.63, 3.8) is 0 Å². The van der Waals surface area contributed by atoms with E-state index in [1.807, 2.05) is 25.1 Å². The van der Waals surface area contributed by atoms with Gasteiger partial charge in [-0.25, -0.2) is 4.98 Å². The Labute approximate surface area is 115 Å². The van der Waals surface area contributed by atoms with E-state index in [2.05, 4.69) is 27.8 Å². The number of carbonyl (C=O) groups is 1. The van der Waals surface area contributed by atoms with Crippen LogP contribution in [0.3, 0.4) is 0 Å². The Hall–Kier alpha value is -1.88. The molecule has 0 bridgehead atoms. The van der Waals surface area contributed by atoms with E-state index in [-0.39, 0.29) is 11.8 Å². The van der Waals surface area contributed by atoms with Crippen molar-refractivity contribution in [3.8, 4) is 0 Å². The first-order valence-corrected chi connectivity index (χ1v) is 7.19. The molecule has 0 saturated heterocycles. The highest BCUT2D eigenvalue weighted by atomic mass is 32.1. The standard InChI is InChI=1S/C14H15N3OS/c1-2-15-14-17-13-12(19-14)10(8-11(18)16-13)9-6-4-3-5-7-9/h3-7,10H,2,8H2,1H3,(H,15,17)(H,16,18)/t10-/m1/s1. The third-order valence-electron chi connectivity index (χ3n) is 3.15. The second-order valence-corrected chi connectivity index (χ2v) is 5.51. The maximum atomic E-state index is 11.8. The summed E-state index contributed by atoms with van der Waals surface area (Å²) in [5.74, 6) is 0.871. The maximum absolute atomic E-state index is 11.8. The topological polar surface area (TPSA) is 54.0 Å². The van der Waals surface area contributed by atoms with Crippen molar-refractivity contribution in [3.05, 3.63) is 40.8 Å². The van der Waals surface area contributed by atoms with Gasteiger partial charge < -0.3 is 10.6 Å². The van der Waals surface area contributed by atoms with Gasteiger partial charge in [0.25, 0.3) is 0 Å². The van der Waals surface area contributed by atoms with Gasteiger partial charge in [-0.2, -0.15) is 0 Å². The Balaban J connectivity index is 2.01. The Morgan fingerprint density at radius 3 is 2.95 bits per heavy atom. The van der Waals surface area contributed by atoms with Crippen molar-refractivity contribution >= 4 is 28.2 Å². The summed E-state index contributed by atoms with van der Waals surface area (Å²) in [4.78, 5) is 17.4. The number of fused-ring (bicyclic) bond motifs is 1. The van der Waals surface area contributed by atoms with Crippen LogP contribution in [0.1, 0.15) is 29.7 Å². The summed E-state index contributed by atoms with van der Waals surface area (Å²) in [6.45, 7) is 2.87. The van der Waals surface area contributed by atoms with E-state index in [0.717, 1.165) is 16.6 Å². The summed E-state index contributed by atoms with van der Waals surface area (Å²) in [6.07, 6.45) is 0.491. The largest absolute Gasteiger partial charge is 0.362 e. The first-order valence-electron chi connectivity index (χ1n) is 6.37. The molecule has 2 N–H and O–H groups in total. The van der Waals surface area contributed by atoms with Gasteiger partial charge >= 0.3 is 0 Å². The van der Waals surface area contributed by atoms with Crippen LogP contribution in [0.5, 0.6) is 0 Å². The lowest BCUT2D eigenvalue weighted by molar-refractivity contribution is -0.116. The van der Waals surface area contributed by atoms with Gasteiger partial charge in [0.15, 0.2) is 5.13 Å².